The number of hydrogen-bond donors (Lipinski definition) is 1. The Kier molecular flexibility index (Phi) is 33.2. The van der Waals surface area contributed by atoms with Crippen molar-refractivity contribution in [3.8, 4) is 44.9 Å². The number of benzene rings is 4. The molecule has 0 radical (unpaired) electrons. The molecule has 0 spiro atoms. The predicted molar refractivity (Wildman–Crippen MR) is 450 cm³/mol. The van der Waals surface area contributed by atoms with Crippen LogP contribution in [0.25, 0.3) is 44.9 Å². The highest BCUT2D eigenvalue weighted by Gasteiger charge is 2.27. The first kappa shape index (κ1) is 94.5. The number of carbonyl (C=O) groups is 8. The summed E-state index contributed by atoms with van der Waals surface area (Å²) in [6.45, 7) is 8.20. The van der Waals surface area contributed by atoms with Crippen molar-refractivity contribution in [2.24, 2.45) is 0 Å². The van der Waals surface area contributed by atoms with E-state index in [4.69, 9.17) is 5.73 Å². The maximum absolute atomic E-state index is 14.7. The summed E-state index contributed by atoms with van der Waals surface area (Å²) >= 11 is 0. The molecule has 0 aliphatic heterocycles. The standard InChI is InChI=1S/C24H22F3N3O2.C23H19F4N3O2.C23H22F2N4O2.C23H21F2N3O2/c1-4-22(32)30(3)19-10-8-17(23(26)24(19)27)18-9-5-16(13-28-18)20(31)11-6-15-7-12-21(25)29-14(15)2;1-3-20(32)30(2)17-9-7-15(21(25)22(17)26)16-8-4-14(12-28-16)18(31)10-5-13-6-11-19(24)29-23(13)27;1-3-21(31)29(2)18-9-7-16(22(24)23(18)25)17-8-6-15(13-27-17)19(30)10-4-14-5-11-20(26)28-12-14;1-3-21(30)28(2)19-10-8-17(22(24)23(19)25)16-7-9-18(27-14-16)20(29)11-6-15-5-4-12-26-13-15/h5,7-10,12-13H,4,6,11H2,1-3H3;4,6-9,11-12H,3,5,10H2,1-2H3;5-9,11-13H,3-4,10H2,1-2H3,(H2,26,28);4-5,7-10,12-14H,3,6,11H2,1-2H3. The molecular formula is C93H84F11N13O8. The molecule has 0 aliphatic carbocycles. The van der Waals surface area contributed by atoms with Gasteiger partial charge in [0.15, 0.2) is 69.7 Å². The molecule has 32 heteroatoms. The van der Waals surface area contributed by atoms with Crippen LogP contribution in [0.1, 0.15) is 149 Å². The van der Waals surface area contributed by atoms with Crippen molar-refractivity contribution in [3.05, 3.63) is 304 Å². The number of nitrogens with two attached hydrogens (primary N) is 1. The van der Waals surface area contributed by atoms with Gasteiger partial charge >= 0.3 is 0 Å². The van der Waals surface area contributed by atoms with Crippen molar-refractivity contribution in [2.45, 2.75) is 112 Å². The van der Waals surface area contributed by atoms with Gasteiger partial charge < -0.3 is 25.3 Å². The van der Waals surface area contributed by atoms with Crippen LogP contribution in [0, 0.1) is 71.3 Å². The average molecular weight is 1720 g/mol. The van der Waals surface area contributed by atoms with Crippen LogP contribution in [0.5, 0.6) is 0 Å². The van der Waals surface area contributed by atoms with E-state index in [9.17, 15) is 86.7 Å². The van der Waals surface area contributed by atoms with E-state index in [0.29, 0.717) is 47.5 Å². The number of amides is 4. The zero-order chi connectivity index (χ0) is 91.0. The number of halogens is 11. The summed E-state index contributed by atoms with van der Waals surface area (Å²) in [5.74, 6) is -13.3. The van der Waals surface area contributed by atoms with Crippen LogP contribution in [0.3, 0.4) is 0 Å². The summed E-state index contributed by atoms with van der Waals surface area (Å²) in [5, 5.41) is 0. The first-order valence-electron chi connectivity index (χ1n) is 39.2. The molecule has 646 valence electrons. The van der Waals surface area contributed by atoms with E-state index in [1.807, 2.05) is 18.2 Å². The molecule has 0 aliphatic rings. The Morgan fingerprint density at radius 1 is 0.336 bits per heavy atom. The van der Waals surface area contributed by atoms with Crippen molar-refractivity contribution in [1.82, 2.24) is 39.9 Å². The van der Waals surface area contributed by atoms with E-state index < -0.39 is 64.4 Å². The van der Waals surface area contributed by atoms with Gasteiger partial charge in [0.25, 0.3) is 0 Å². The Balaban J connectivity index is 0.000000189. The van der Waals surface area contributed by atoms with Crippen molar-refractivity contribution >= 4 is 75.3 Å². The molecule has 4 aromatic carbocycles. The lowest BCUT2D eigenvalue weighted by Crippen LogP contribution is -2.26. The molecule has 12 rings (SSSR count). The fourth-order valence-electron chi connectivity index (χ4n) is 12.5. The molecule has 4 amide bonds. The minimum Gasteiger partial charge on any atom is -0.384 e. The maximum atomic E-state index is 14.7. The van der Waals surface area contributed by atoms with Crippen LogP contribution < -0.4 is 25.3 Å². The molecule has 21 nitrogen and oxygen atoms in total. The molecule has 0 saturated carbocycles. The number of ketones is 4. The normalized spacial score (nSPS) is 10.8. The van der Waals surface area contributed by atoms with Gasteiger partial charge in [-0.1, -0.05) is 52.0 Å². The van der Waals surface area contributed by atoms with Crippen LogP contribution in [0.4, 0.5) is 76.9 Å². The topological polar surface area (TPSA) is 279 Å². The minimum atomic E-state index is -1.18. The molecule has 125 heavy (non-hydrogen) atoms. The highest BCUT2D eigenvalue weighted by Crippen LogP contribution is 2.35. The van der Waals surface area contributed by atoms with E-state index in [2.05, 4.69) is 39.9 Å². The Hall–Kier alpha value is -14.3. The van der Waals surface area contributed by atoms with Crippen LogP contribution in [-0.4, -0.2) is 115 Å². The van der Waals surface area contributed by atoms with Gasteiger partial charge in [-0.15, -0.1) is 0 Å². The van der Waals surface area contributed by atoms with Gasteiger partial charge in [-0.2, -0.15) is 18.2 Å². The molecule has 2 N–H and O–H groups in total. The molecule has 0 unspecified atom stereocenters. The Bertz CT molecular complexity index is 5740. The van der Waals surface area contributed by atoms with Crippen molar-refractivity contribution in [3.63, 3.8) is 0 Å². The van der Waals surface area contributed by atoms with Gasteiger partial charge in [0.05, 0.1) is 39.8 Å². The van der Waals surface area contributed by atoms with E-state index in [1.54, 1.807) is 65.3 Å². The van der Waals surface area contributed by atoms with Crippen LogP contribution in [0.15, 0.2) is 189 Å². The number of anilines is 5. The number of Topliss-reactive ketones (excluding diaryl/α,β-unsaturated/α-hetero) is 4. The van der Waals surface area contributed by atoms with E-state index in [1.165, 1.54) is 162 Å². The lowest BCUT2D eigenvalue weighted by Gasteiger charge is -2.18. The molecule has 8 aromatic heterocycles. The van der Waals surface area contributed by atoms with Gasteiger partial charge in [-0.25, -0.2) is 45.1 Å². The van der Waals surface area contributed by atoms with Gasteiger partial charge in [0.1, 0.15) is 11.5 Å². The van der Waals surface area contributed by atoms with Gasteiger partial charge in [0, 0.05) is 179 Å². The lowest BCUT2D eigenvalue weighted by molar-refractivity contribution is -0.118. The van der Waals surface area contributed by atoms with E-state index in [-0.39, 0.29) is 183 Å². The number of hydrogen-bond acceptors (Lipinski definition) is 17. The third kappa shape index (κ3) is 24.1. The molecular weight excluding hydrogens is 1640 g/mol. The monoisotopic (exact) mass is 1720 g/mol. The van der Waals surface area contributed by atoms with Gasteiger partial charge in [-0.3, -0.25) is 63.3 Å². The quantitative estimate of drug-likeness (QED) is 0.0271. The molecule has 8 heterocycles. The van der Waals surface area contributed by atoms with E-state index >= 15 is 0 Å². The fraction of sp³-hybridized carbons (Fsp3) is 0.226. The summed E-state index contributed by atoms with van der Waals surface area (Å²) in [5.41, 5.74) is 9.88. The average Bonchev–Trinajstić information content (AvgIpc) is 0.808. The second-order valence-corrected chi connectivity index (χ2v) is 28.1. The van der Waals surface area contributed by atoms with E-state index in [0.717, 1.165) is 42.4 Å². The molecule has 0 saturated heterocycles. The largest absolute Gasteiger partial charge is 0.384 e. The fourth-order valence-corrected chi connectivity index (χ4v) is 12.5. The summed E-state index contributed by atoms with van der Waals surface area (Å²) < 4.78 is 156. The number of carbonyl (C=O) groups excluding carboxylic acids is 8. The van der Waals surface area contributed by atoms with Crippen LogP contribution in [0.2, 0.25) is 0 Å². The summed E-state index contributed by atoms with van der Waals surface area (Å²) in [7, 11) is 5.53. The molecule has 0 fully saturated rings. The smallest absolute Gasteiger partial charge is 0.226 e. The van der Waals surface area contributed by atoms with Crippen LogP contribution >= 0.6 is 0 Å². The first-order valence-corrected chi connectivity index (χ1v) is 39.2. The molecule has 12 aromatic rings. The number of aryl methyl sites for hydroxylation is 5. The highest BCUT2D eigenvalue weighted by molar-refractivity contribution is 5.99. The third-order valence-corrected chi connectivity index (χ3v) is 20.0. The van der Waals surface area contributed by atoms with Gasteiger partial charge in [-0.05, 0) is 171 Å². The lowest BCUT2D eigenvalue weighted by atomic mass is 10.0. The van der Waals surface area contributed by atoms with Gasteiger partial charge in [0.2, 0.25) is 41.5 Å². The zero-order valence-electron chi connectivity index (χ0n) is 69.3. The van der Waals surface area contributed by atoms with Crippen molar-refractivity contribution in [2.75, 3.05) is 53.5 Å². The number of pyridine rings is 8. The molecule has 0 atom stereocenters. The maximum Gasteiger partial charge on any atom is 0.226 e. The number of nitrogens with zero attached hydrogens (tertiary/aromatic N) is 12. The van der Waals surface area contributed by atoms with Crippen molar-refractivity contribution in [1.29, 1.82) is 0 Å². The summed E-state index contributed by atoms with van der Waals surface area (Å²) in [6, 6.07) is 34.7. The summed E-state index contributed by atoms with van der Waals surface area (Å²) in [6.07, 6.45) is 12.9. The number of nitrogen functional groups attached to an aromatic ring is 1. The number of rotatable bonds is 28. The zero-order valence-corrected chi connectivity index (χ0v) is 69.3. The SMILES string of the molecule is CCC(=O)N(C)c1ccc(-c2ccc(C(=O)CCc3ccc(F)nc3C)cn2)c(F)c1F.CCC(=O)N(C)c1ccc(-c2ccc(C(=O)CCc3ccc(F)nc3F)cn2)c(F)c1F.CCC(=O)N(C)c1ccc(-c2ccc(C(=O)CCc3ccc(N)nc3)cn2)c(F)c1F.CCC(=O)N(C)c1ccc(-c2ccc(C(=O)CCc3cccnc3)nc2)c(F)c1F. The first-order chi connectivity index (χ1) is 59.7. The second kappa shape index (κ2) is 43.9. The number of aromatic nitrogens is 8. The third-order valence-electron chi connectivity index (χ3n) is 20.0. The second-order valence-electron chi connectivity index (χ2n) is 28.1. The molecule has 0 bridgehead atoms. The highest BCUT2D eigenvalue weighted by atomic mass is 19.2. The van der Waals surface area contributed by atoms with Crippen molar-refractivity contribution < 1.29 is 86.7 Å². The Morgan fingerprint density at radius 3 is 1.06 bits per heavy atom. The predicted octanol–water partition coefficient (Wildman–Crippen LogP) is 18.7. The summed E-state index contributed by atoms with van der Waals surface area (Å²) in [4.78, 5) is 132. The van der Waals surface area contributed by atoms with Crippen LogP contribution in [-0.2, 0) is 44.9 Å². The minimum absolute atomic E-state index is 0.00968. The Labute approximate surface area is 712 Å². The Morgan fingerprint density at radius 2 is 0.712 bits per heavy atom.